The number of carbonyl (C=O) groups is 1. The first-order valence-corrected chi connectivity index (χ1v) is 6.38. The Morgan fingerprint density at radius 2 is 2.44 bits per heavy atom. The van der Waals surface area contributed by atoms with E-state index in [4.69, 9.17) is 0 Å². The van der Waals surface area contributed by atoms with Gasteiger partial charge in [0.25, 0.3) is 0 Å². The van der Waals surface area contributed by atoms with Gasteiger partial charge in [0.15, 0.2) is 17.8 Å². The number of rotatable bonds is 3. The highest BCUT2D eigenvalue weighted by Gasteiger charge is 2.28. The second-order valence-electron chi connectivity index (χ2n) is 4.61. The molecule has 18 heavy (non-hydrogen) atoms. The van der Waals surface area contributed by atoms with Crippen molar-refractivity contribution < 1.29 is 4.79 Å². The van der Waals surface area contributed by atoms with Gasteiger partial charge in [-0.25, -0.2) is 9.50 Å². The van der Waals surface area contributed by atoms with E-state index in [1.54, 1.807) is 10.6 Å². The molecule has 3 rings (SSSR count). The van der Waals surface area contributed by atoms with E-state index in [9.17, 15) is 4.79 Å². The Morgan fingerprint density at radius 3 is 3.22 bits per heavy atom. The number of aldehydes is 1. The lowest BCUT2D eigenvalue weighted by molar-refractivity contribution is 0.112. The van der Waals surface area contributed by atoms with Crippen molar-refractivity contribution in [2.24, 2.45) is 0 Å². The largest absolute Gasteiger partial charge is 0.298 e. The van der Waals surface area contributed by atoms with Crippen molar-refractivity contribution in [3.63, 3.8) is 0 Å². The topological polar surface area (TPSA) is 50.5 Å². The van der Waals surface area contributed by atoms with E-state index < -0.39 is 0 Å². The van der Waals surface area contributed by atoms with Gasteiger partial charge in [-0.15, -0.1) is 5.10 Å². The van der Waals surface area contributed by atoms with Gasteiger partial charge in [0.2, 0.25) is 0 Å². The fourth-order valence-electron chi connectivity index (χ4n) is 2.67. The van der Waals surface area contributed by atoms with Gasteiger partial charge in [-0.3, -0.25) is 9.69 Å². The molecule has 2 aromatic heterocycles. The van der Waals surface area contributed by atoms with Gasteiger partial charge in [-0.1, -0.05) is 6.92 Å². The fraction of sp³-hybridized carbons (Fsp3) is 0.462. The van der Waals surface area contributed by atoms with Crippen molar-refractivity contribution in [2.75, 3.05) is 13.1 Å². The molecule has 0 aromatic carbocycles. The van der Waals surface area contributed by atoms with Crippen LogP contribution >= 0.6 is 0 Å². The third kappa shape index (κ3) is 1.71. The number of nitrogens with zero attached hydrogens (tertiary/aromatic N) is 4. The lowest BCUT2D eigenvalue weighted by Gasteiger charge is -2.19. The van der Waals surface area contributed by atoms with Crippen molar-refractivity contribution >= 4 is 11.9 Å². The molecule has 0 amide bonds. The normalized spacial score (nSPS) is 20.6. The molecular formula is C13H16N4O. The maximum Gasteiger partial charge on any atom is 0.168 e. The summed E-state index contributed by atoms with van der Waals surface area (Å²) in [5, 5.41) is 4.51. The molecule has 2 aromatic rings. The molecule has 1 atom stereocenters. The minimum absolute atomic E-state index is 0.300. The van der Waals surface area contributed by atoms with Crippen molar-refractivity contribution in [3.8, 4) is 0 Å². The molecule has 0 radical (unpaired) electrons. The summed E-state index contributed by atoms with van der Waals surface area (Å²) in [6.07, 6.45) is 4.96. The highest BCUT2D eigenvalue weighted by Crippen LogP contribution is 2.29. The predicted octanol–water partition coefficient (Wildman–Crippen LogP) is 1.70. The summed E-state index contributed by atoms with van der Waals surface area (Å²) in [4.78, 5) is 17.9. The van der Waals surface area contributed by atoms with Crippen LogP contribution in [0, 0.1) is 0 Å². The predicted molar refractivity (Wildman–Crippen MR) is 67.6 cm³/mol. The number of pyridine rings is 1. The Balaban J connectivity index is 2.05. The smallest absolute Gasteiger partial charge is 0.168 e. The Kier molecular flexibility index (Phi) is 2.83. The van der Waals surface area contributed by atoms with Gasteiger partial charge >= 0.3 is 0 Å². The van der Waals surface area contributed by atoms with Crippen LogP contribution in [0.2, 0.25) is 0 Å². The molecular weight excluding hydrogens is 228 g/mol. The molecule has 94 valence electrons. The number of hydrogen-bond donors (Lipinski definition) is 0. The van der Waals surface area contributed by atoms with Gasteiger partial charge in [0.1, 0.15) is 0 Å². The van der Waals surface area contributed by atoms with Gasteiger partial charge in [-0.05, 0) is 38.1 Å². The Bertz CT molecular complexity index is 577. The first kappa shape index (κ1) is 11.3. The molecule has 5 heteroatoms. The van der Waals surface area contributed by atoms with Crippen molar-refractivity contribution in [1.29, 1.82) is 0 Å². The van der Waals surface area contributed by atoms with Crippen molar-refractivity contribution in [2.45, 2.75) is 25.8 Å². The number of hydrogen-bond acceptors (Lipinski definition) is 4. The Hall–Kier alpha value is -1.75. The van der Waals surface area contributed by atoms with Gasteiger partial charge in [-0.2, -0.15) is 0 Å². The highest BCUT2D eigenvalue weighted by atomic mass is 16.1. The zero-order valence-corrected chi connectivity index (χ0v) is 10.4. The number of fused-ring (bicyclic) bond motifs is 1. The molecule has 5 nitrogen and oxygen atoms in total. The van der Waals surface area contributed by atoms with Gasteiger partial charge in [0.05, 0.1) is 11.6 Å². The first-order chi connectivity index (χ1) is 8.83. The summed E-state index contributed by atoms with van der Waals surface area (Å²) >= 11 is 0. The Labute approximate surface area is 105 Å². The first-order valence-electron chi connectivity index (χ1n) is 6.38. The molecule has 1 aliphatic rings. The molecule has 1 saturated heterocycles. The van der Waals surface area contributed by atoms with Gasteiger partial charge in [0, 0.05) is 6.20 Å². The molecule has 1 fully saturated rings. The van der Waals surface area contributed by atoms with Crippen molar-refractivity contribution in [3.05, 3.63) is 29.7 Å². The highest BCUT2D eigenvalue weighted by molar-refractivity contribution is 5.83. The molecule has 0 aliphatic carbocycles. The third-order valence-electron chi connectivity index (χ3n) is 3.60. The molecule has 1 aliphatic heterocycles. The van der Waals surface area contributed by atoms with E-state index in [-0.39, 0.29) is 0 Å². The zero-order valence-electron chi connectivity index (χ0n) is 10.4. The Morgan fingerprint density at radius 1 is 1.56 bits per heavy atom. The van der Waals surface area contributed by atoms with Gasteiger partial charge < -0.3 is 0 Å². The zero-order chi connectivity index (χ0) is 12.5. The quantitative estimate of drug-likeness (QED) is 0.771. The third-order valence-corrected chi connectivity index (χ3v) is 3.60. The summed E-state index contributed by atoms with van der Waals surface area (Å²) in [5.74, 6) is 0.837. The van der Waals surface area contributed by atoms with E-state index in [1.165, 1.54) is 6.42 Å². The lowest BCUT2D eigenvalue weighted by atomic mass is 10.2. The van der Waals surface area contributed by atoms with E-state index in [0.717, 1.165) is 31.6 Å². The minimum atomic E-state index is 0.300. The van der Waals surface area contributed by atoms with Crippen LogP contribution in [0.25, 0.3) is 5.65 Å². The molecule has 3 heterocycles. The second-order valence-corrected chi connectivity index (χ2v) is 4.61. The number of likely N-dealkylation sites (tertiary alicyclic amines) is 1. The van der Waals surface area contributed by atoms with Crippen LogP contribution < -0.4 is 0 Å². The standard InChI is InChI=1S/C13H16N4O/c1-2-16-7-4-6-11(16)12-14-13-10(9-18)5-3-8-17(13)15-12/h3,5,8-9,11H,2,4,6-7H2,1H3. The molecule has 0 saturated carbocycles. The van der Waals surface area contributed by atoms with Crippen LogP contribution in [0.4, 0.5) is 0 Å². The SMILES string of the molecule is CCN1CCCC1c1nc2c(C=O)cccn2n1. The monoisotopic (exact) mass is 244 g/mol. The van der Waals surface area contributed by atoms with E-state index in [1.807, 2.05) is 12.3 Å². The number of aromatic nitrogens is 3. The summed E-state index contributed by atoms with van der Waals surface area (Å²) < 4.78 is 1.70. The molecule has 0 spiro atoms. The fourth-order valence-corrected chi connectivity index (χ4v) is 2.67. The van der Waals surface area contributed by atoms with Crippen LogP contribution in [-0.4, -0.2) is 38.9 Å². The second kappa shape index (κ2) is 4.49. The van der Waals surface area contributed by atoms with Crippen LogP contribution in [0.1, 0.15) is 42.0 Å². The average Bonchev–Trinajstić information content (AvgIpc) is 3.03. The summed E-state index contributed by atoms with van der Waals surface area (Å²) in [6, 6.07) is 3.89. The van der Waals surface area contributed by atoms with Crippen molar-refractivity contribution in [1.82, 2.24) is 19.5 Å². The van der Waals surface area contributed by atoms with Crippen LogP contribution in [0.15, 0.2) is 18.3 Å². The molecule has 0 N–H and O–H groups in total. The maximum absolute atomic E-state index is 11.0. The van der Waals surface area contributed by atoms with E-state index in [2.05, 4.69) is 21.9 Å². The lowest BCUT2D eigenvalue weighted by Crippen LogP contribution is -2.23. The van der Waals surface area contributed by atoms with Crippen LogP contribution in [0.3, 0.4) is 0 Å². The number of carbonyl (C=O) groups excluding carboxylic acids is 1. The minimum Gasteiger partial charge on any atom is -0.298 e. The van der Waals surface area contributed by atoms with E-state index in [0.29, 0.717) is 17.3 Å². The summed E-state index contributed by atoms with van der Waals surface area (Å²) in [5.41, 5.74) is 1.25. The molecule has 0 bridgehead atoms. The van der Waals surface area contributed by atoms with Crippen LogP contribution in [0.5, 0.6) is 0 Å². The maximum atomic E-state index is 11.0. The average molecular weight is 244 g/mol. The summed E-state index contributed by atoms with van der Waals surface area (Å²) in [6.45, 7) is 4.28. The van der Waals surface area contributed by atoms with Crippen LogP contribution in [-0.2, 0) is 0 Å². The van der Waals surface area contributed by atoms with E-state index >= 15 is 0 Å². The summed E-state index contributed by atoms with van der Waals surface area (Å²) in [7, 11) is 0. The molecule has 1 unspecified atom stereocenters.